The standard InChI is InChI=1S/C37H44ClN5O6S/c1-23-6-4-8-32(44)28-12-9-26(28)18-43-21-37(15-5-7-24-16-27(38)11-13-30(24)37)22-49-33-14-10-25(17-31(33)43)34(45)40-50(47,20-23)41-35(46)29-19-42(2)39-36(29)48-3/h4,8,10-11,13-14,16-17,19,23,26,28,32,44H,5-7,9,12,15,18,20-22H2,1-3H3,(H,40,41,45,46,47)/b8-4+/t23-,26-,28+,32-,37-,50-/m0/s1. The van der Waals surface area contributed by atoms with E-state index in [-0.39, 0.29) is 45.9 Å². The van der Waals surface area contributed by atoms with E-state index in [1.165, 1.54) is 29.1 Å². The Labute approximate surface area is 298 Å². The van der Waals surface area contributed by atoms with Crippen LogP contribution in [0.25, 0.3) is 0 Å². The normalized spacial score (nSPS) is 30.1. The summed E-state index contributed by atoms with van der Waals surface area (Å²) in [6.45, 7) is 3.70. The van der Waals surface area contributed by atoms with Crippen molar-refractivity contribution in [3.8, 4) is 11.6 Å². The van der Waals surface area contributed by atoms with Gasteiger partial charge in [0.05, 0.1) is 31.3 Å². The molecule has 2 bridgehead atoms. The first kappa shape index (κ1) is 34.6. The molecule has 0 saturated heterocycles. The molecule has 0 unspecified atom stereocenters. The molecule has 2 amide bonds. The van der Waals surface area contributed by atoms with E-state index < -0.39 is 27.8 Å². The van der Waals surface area contributed by atoms with Crippen LogP contribution in [0.15, 0.2) is 59.1 Å². The monoisotopic (exact) mass is 721 g/mol. The van der Waals surface area contributed by atoms with Gasteiger partial charge in [-0.15, -0.1) is 9.46 Å². The van der Waals surface area contributed by atoms with Gasteiger partial charge in [0.2, 0.25) is 5.88 Å². The summed E-state index contributed by atoms with van der Waals surface area (Å²) in [4.78, 5) is 29.7. The number of aliphatic hydroxyl groups is 1. The van der Waals surface area contributed by atoms with Crippen LogP contribution in [0.1, 0.15) is 70.9 Å². The Hall–Kier alpha value is -3.87. The van der Waals surface area contributed by atoms with E-state index in [4.69, 9.17) is 21.1 Å². The number of benzene rings is 2. The number of rotatable bonds is 3. The summed E-state index contributed by atoms with van der Waals surface area (Å²) in [5.74, 6) is -0.648. The Kier molecular flexibility index (Phi) is 9.46. The van der Waals surface area contributed by atoms with Gasteiger partial charge in [-0.2, -0.15) is 0 Å². The van der Waals surface area contributed by atoms with Crippen LogP contribution in [0.3, 0.4) is 0 Å². The number of hydrogen-bond acceptors (Lipinski definition) is 8. The summed E-state index contributed by atoms with van der Waals surface area (Å²) in [5.41, 5.74) is 3.26. The third-order valence-corrected chi connectivity index (χ3v) is 13.0. The number of allylic oxidation sites excluding steroid dienone is 1. The zero-order valence-electron chi connectivity index (χ0n) is 28.6. The fourth-order valence-corrected chi connectivity index (χ4v) is 10.2. The third-order valence-electron chi connectivity index (χ3n) is 10.8. The number of aliphatic hydroxyl groups excluding tert-OH is 1. The molecule has 13 heteroatoms. The SMILES string of the molecule is COc1nn(C)cc1C(=O)N[S@@]1(=O)=NC(=O)c2ccc3c(c2)N(C[C@@H]2CC[C@H]2[C@@H](O)/C=C/C[C@H](C)C1)C[C@@]1(CCCc2cc(Cl)ccc21)CO3. The van der Waals surface area contributed by atoms with E-state index in [2.05, 4.69) is 31.2 Å². The van der Waals surface area contributed by atoms with Gasteiger partial charge in [0.25, 0.3) is 11.8 Å². The van der Waals surface area contributed by atoms with Crippen molar-refractivity contribution < 1.29 is 28.4 Å². The molecule has 3 aromatic rings. The highest BCUT2D eigenvalue weighted by atomic mass is 35.5. The highest BCUT2D eigenvalue weighted by Gasteiger charge is 2.44. The van der Waals surface area contributed by atoms with Crippen LogP contribution in [-0.4, -0.2) is 69.6 Å². The molecule has 1 fully saturated rings. The van der Waals surface area contributed by atoms with Gasteiger partial charge >= 0.3 is 0 Å². The molecule has 50 heavy (non-hydrogen) atoms. The van der Waals surface area contributed by atoms with E-state index in [0.29, 0.717) is 31.9 Å². The quantitative estimate of drug-likeness (QED) is 0.339. The lowest BCUT2D eigenvalue weighted by Crippen LogP contribution is -2.49. The molecular formula is C37H44ClN5O6S. The van der Waals surface area contributed by atoms with Crippen LogP contribution >= 0.6 is 11.6 Å². The largest absolute Gasteiger partial charge is 0.490 e. The van der Waals surface area contributed by atoms with E-state index >= 15 is 0 Å². The van der Waals surface area contributed by atoms with Crippen LogP contribution in [-0.2, 0) is 28.8 Å². The second kappa shape index (κ2) is 13.7. The smallest absolute Gasteiger partial charge is 0.286 e. The van der Waals surface area contributed by atoms with Crippen molar-refractivity contribution in [2.24, 2.45) is 29.2 Å². The molecule has 7 rings (SSSR count). The van der Waals surface area contributed by atoms with Gasteiger partial charge < -0.3 is 19.5 Å². The van der Waals surface area contributed by atoms with Crippen molar-refractivity contribution in [1.82, 2.24) is 14.5 Å². The van der Waals surface area contributed by atoms with E-state index in [9.17, 15) is 18.9 Å². The Morgan fingerprint density at radius 2 is 2.06 bits per heavy atom. The van der Waals surface area contributed by atoms with E-state index in [0.717, 1.165) is 42.8 Å². The first-order valence-corrected chi connectivity index (χ1v) is 19.4. The lowest BCUT2D eigenvalue weighted by atomic mass is 9.68. The highest BCUT2D eigenvalue weighted by Crippen LogP contribution is 2.47. The molecule has 2 aliphatic carbocycles. The van der Waals surface area contributed by atoms with E-state index in [1.807, 2.05) is 25.1 Å². The molecule has 266 valence electrons. The zero-order valence-corrected chi connectivity index (χ0v) is 30.2. The lowest BCUT2D eigenvalue weighted by molar-refractivity contribution is 0.0456. The summed E-state index contributed by atoms with van der Waals surface area (Å²) in [6, 6.07) is 11.4. The van der Waals surface area contributed by atoms with Gasteiger partial charge in [0.1, 0.15) is 21.2 Å². The second-order valence-corrected chi connectivity index (χ2v) is 16.8. The third kappa shape index (κ3) is 6.77. The first-order valence-electron chi connectivity index (χ1n) is 17.3. The number of halogens is 1. The number of hydrogen-bond donors (Lipinski definition) is 2. The molecule has 4 aliphatic rings. The van der Waals surface area contributed by atoms with E-state index in [1.54, 1.807) is 25.2 Å². The molecular weight excluding hydrogens is 678 g/mol. The maximum absolute atomic E-state index is 14.5. The molecule has 11 nitrogen and oxygen atoms in total. The number of ether oxygens (including phenoxy) is 2. The van der Waals surface area contributed by atoms with Gasteiger partial charge in [-0.05, 0) is 97.7 Å². The number of aromatic nitrogens is 2. The minimum atomic E-state index is -3.62. The molecule has 1 aromatic heterocycles. The average molecular weight is 722 g/mol. The molecule has 2 aromatic carbocycles. The fraction of sp³-hybridized carbons (Fsp3) is 0.486. The Balaban J connectivity index is 1.30. The topological polar surface area (TPSA) is 135 Å². The Morgan fingerprint density at radius 1 is 1.22 bits per heavy atom. The van der Waals surface area contributed by atoms with Crippen LogP contribution in [0, 0.1) is 17.8 Å². The summed E-state index contributed by atoms with van der Waals surface area (Å²) in [5, 5.41) is 16.2. The predicted octanol–water partition coefficient (Wildman–Crippen LogP) is 5.49. The molecule has 2 aliphatic heterocycles. The Morgan fingerprint density at radius 3 is 2.84 bits per heavy atom. The second-order valence-electron chi connectivity index (χ2n) is 14.4. The lowest BCUT2D eigenvalue weighted by Gasteiger charge is -2.45. The van der Waals surface area contributed by atoms with Gasteiger partial charge in [-0.1, -0.05) is 36.7 Å². The van der Waals surface area contributed by atoms with Crippen molar-refractivity contribution in [1.29, 1.82) is 0 Å². The molecule has 1 saturated carbocycles. The number of amides is 2. The molecule has 0 radical (unpaired) electrons. The maximum Gasteiger partial charge on any atom is 0.286 e. The minimum Gasteiger partial charge on any atom is -0.490 e. The number of carbonyl (C=O) groups excluding carboxylic acids is 2. The molecule has 1 spiro atoms. The first-order chi connectivity index (χ1) is 24.0. The number of nitrogens with zero attached hydrogens (tertiary/aromatic N) is 4. The summed E-state index contributed by atoms with van der Waals surface area (Å²) in [7, 11) is -0.584. The van der Waals surface area contributed by atoms with Gasteiger partial charge in [0.15, 0.2) is 0 Å². The molecule has 2 N–H and O–H groups in total. The minimum absolute atomic E-state index is 0.0686. The molecule has 3 heterocycles. The van der Waals surface area contributed by atoms with Crippen LogP contribution in [0.2, 0.25) is 5.02 Å². The van der Waals surface area contributed by atoms with Gasteiger partial charge in [-0.3, -0.25) is 19.0 Å². The highest BCUT2D eigenvalue weighted by molar-refractivity contribution is 7.92. The van der Waals surface area contributed by atoms with Crippen molar-refractivity contribution in [3.05, 3.63) is 82.0 Å². The Bertz CT molecular complexity index is 1970. The zero-order chi connectivity index (χ0) is 35.2. The number of fused-ring (bicyclic) bond motifs is 4. The van der Waals surface area contributed by atoms with Crippen molar-refractivity contribution >= 4 is 39.0 Å². The summed E-state index contributed by atoms with van der Waals surface area (Å²) in [6.07, 6.45) is 9.87. The summed E-state index contributed by atoms with van der Waals surface area (Å²) < 4.78 is 34.5. The number of anilines is 1. The number of carbonyl (C=O) groups is 2. The number of nitrogens with one attached hydrogen (secondary N) is 1. The number of methoxy groups -OCH3 is 1. The van der Waals surface area contributed by atoms with Crippen LogP contribution < -0.4 is 19.1 Å². The van der Waals surface area contributed by atoms with Crippen LogP contribution in [0.4, 0.5) is 5.69 Å². The van der Waals surface area contributed by atoms with Crippen molar-refractivity contribution in [2.75, 3.05) is 37.5 Å². The van der Waals surface area contributed by atoms with Crippen molar-refractivity contribution in [2.45, 2.75) is 57.0 Å². The maximum atomic E-state index is 14.5. The average Bonchev–Trinajstić information content (AvgIpc) is 3.37. The van der Waals surface area contributed by atoms with Crippen LogP contribution in [0.5, 0.6) is 11.6 Å². The van der Waals surface area contributed by atoms with Gasteiger partial charge in [0, 0.05) is 42.3 Å². The molecule has 6 atom stereocenters. The number of aryl methyl sites for hydroxylation is 2. The predicted molar refractivity (Wildman–Crippen MR) is 192 cm³/mol. The van der Waals surface area contributed by atoms with Gasteiger partial charge in [-0.25, -0.2) is 4.21 Å². The fourth-order valence-electron chi connectivity index (χ4n) is 8.11. The summed E-state index contributed by atoms with van der Waals surface area (Å²) >= 11 is 6.43. The van der Waals surface area contributed by atoms with Crippen molar-refractivity contribution in [3.63, 3.8) is 0 Å².